The summed E-state index contributed by atoms with van der Waals surface area (Å²) in [4.78, 5) is 36.4. The molecule has 0 spiro atoms. The maximum Gasteiger partial charge on any atom is 0.337 e. The summed E-state index contributed by atoms with van der Waals surface area (Å²) in [5.74, 6) is -3.02. The number of ether oxygens (including phenoxy) is 3. The van der Waals surface area contributed by atoms with Gasteiger partial charge in [0.05, 0.1) is 18.6 Å². The highest BCUT2D eigenvalue weighted by atomic mass is 16.6. The fourth-order valence-corrected chi connectivity index (χ4v) is 3.12. The van der Waals surface area contributed by atoms with E-state index >= 15 is 0 Å². The molecule has 0 bridgehead atoms. The molecule has 0 saturated carbocycles. The standard InChI is InChI=1S/C20H24O7/c1-10(2)18(22)27-17-13(20(24)25-5)8-6-7-11(3)9-14-15(16(17)21)12(4)19(23)26-14/h8-9,14-17,21H,1,4,6-7H2,2-3,5H3/b11-9-,13-8+/t14-,15+,16+,17+/m1/s1. The van der Waals surface area contributed by atoms with Gasteiger partial charge >= 0.3 is 17.9 Å². The molecule has 7 nitrogen and oxygen atoms in total. The van der Waals surface area contributed by atoms with Gasteiger partial charge in [0.15, 0.2) is 6.10 Å². The Morgan fingerprint density at radius 2 is 2.04 bits per heavy atom. The van der Waals surface area contributed by atoms with Crippen LogP contribution in [0.5, 0.6) is 0 Å². The molecule has 2 aliphatic rings. The Hall–Kier alpha value is -2.67. The molecule has 1 N–H and O–H groups in total. The fourth-order valence-electron chi connectivity index (χ4n) is 3.12. The van der Waals surface area contributed by atoms with Gasteiger partial charge < -0.3 is 19.3 Å². The zero-order valence-corrected chi connectivity index (χ0v) is 15.7. The molecule has 146 valence electrons. The fraction of sp³-hybridized carbons (Fsp3) is 0.450. The third-order valence-electron chi connectivity index (χ3n) is 4.60. The number of esters is 3. The highest BCUT2D eigenvalue weighted by Gasteiger charge is 2.47. The van der Waals surface area contributed by atoms with E-state index in [4.69, 9.17) is 14.2 Å². The molecule has 0 amide bonds. The predicted molar refractivity (Wildman–Crippen MR) is 96.3 cm³/mol. The third kappa shape index (κ3) is 4.36. The topological polar surface area (TPSA) is 99.1 Å². The van der Waals surface area contributed by atoms with E-state index in [1.807, 2.05) is 6.92 Å². The quantitative estimate of drug-likeness (QED) is 0.347. The molecule has 7 heteroatoms. The number of aliphatic hydroxyl groups is 1. The van der Waals surface area contributed by atoms with E-state index in [-0.39, 0.29) is 16.7 Å². The van der Waals surface area contributed by atoms with Gasteiger partial charge in [-0.05, 0) is 32.8 Å². The Morgan fingerprint density at radius 1 is 1.37 bits per heavy atom. The molecular weight excluding hydrogens is 352 g/mol. The van der Waals surface area contributed by atoms with Gasteiger partial charge in [-0.25, -0.2) is 14.4 Å². The molecule has 27 heavy (non-hydrogen) atoms. The van der Waals surface area contributed by atoms with Crippen molar-refractivity contribution in [3.8, 4) is 0 Å². The van der Waals surface area contributed by atoms with Crippen LogP contribution in [0.15, 0.2) is 47.6 Å². The number of fused-ring (bicyclic) bond motifs is 1. The number of carbonyl (C=O) groups excluding carboxylic acids is 3. The number of methoxy groups -OCH3 is 1. The van der Waals surface area contributed by atoms with Crippen molar-refractivity contribution < 1.29 is 33.7 Å². The highest BCUT2D eigenvalue weighted by molar-refractivity contribution is 5.93. The van der Waals surface area contributed by atoms with E-state index in [0.29, 0.717) is 12.8 Å². The van der Waals surface area contributed by atoms with Crippen molar-refractivity contribution in [3.05, 3.63) is 47.6 Å². The number of carbonyl (C=O) groups is 3. The molecule has 1 aliphatic heterocycles. The summed E-state index contributed by atoms with van der Waals surface area (Å²) >= 11 is 0. The van der Waals surface area contributed by atoms with Gasteiger partial charge in [0.25, 0.3) is 0 Å². The van der Waals surface area contributed by atoms with Crippen LogP contribution >= 0.6 is 0 Å². The lowest BCUT2D eigenvalue weighted by atomic mass is 9.83. The van der Waals surface area contributed by atoms with Crippen LogP contribution in [0.3, 0.4) is 0 Å². The summed E-state index contributed by atoms with van der Waals surface area (Å²) in [5.41, 5.74) is 1.09. The van der Waals surface area contributed by atoms with Gasteiger partial charge in [-0.3, -0.25) is 0 Å². The monoisotopic (exact) mass is 376 g/mol. The normalized spacial score (nSPS) is 32.1. The average molecular weight is 376 g/mol. The predicted octanol–water partition coefficient (Wildman–Crippen LogP) is 1.77. The van der Waals surface area contributed by atoms with E-state index < -0.39 is 42.1 Å². The van der Waals surface area contributed by atoms with Gasteiger partial charge in [-0.2, -0.15) is 0 Å². The molecule has 0 unspecified atom stereocenters. The first-order chi connectivity index (χ1) is 12.7. The van der Waals surface area contributed by atoms with Crippen molar-refractivity contribution in [1.82, 2.24) is 0 Å². The van der Waals surface area contributed by atoms with Crippen LogP contribution in [0, 0.1) is 5.92 Å². The smallest absolute Gasteiger partial charge is 0.337 e. The lowest BCUT2D eigenvalue weighted by molar-refractivity contribution is -0.153. The van der Waals surface area contributed by atoms with Gasteiger partial charge in [-0.1, -0.05) is 24.8 Å². The molecule has 1 fully saturated rings. The van der Waals surface area contributed by atoms with E-state index in [1.165, 1.54) is 14.0 Å². The van der Waals surface area contributed by atoms with Crippen LogP contribution in [-0.2, 0) is 28.6 Å². The molecule has 1 aliphatic carbocycles. The van der Waals surface area contributed by atoms with Crippen molar-refractivity contribution in [2.24, 2.45) is 5.92 Å². The zero-order valence-electron chi connectivity index (χ0n) is 15.7. The van der Waals surface area contributed by atoms with Crippen LogP contribution < -0.4 is 0 Å². The second kappa shape index (κ2) is 8.35. The first-order valence-electron chi connectivity index (χ1n) is 8.57. The first kappa shape index (κ1) is 20.6. The molecule has 0 aromatic heterocycles. The maximum absolute atomic E-state index is 12.3. The Balaban J connectivity index is 2.54. The van der Waals surface area contributed by atoms with E-state index in [2.05, 4.69) is 13.2 Å². The Labute approximate surface area is 158 Å². The molecule has 1 heterocycles. The molecule has 1 saturated heterocycles. The maximum atomic E-state index is 12.3. The number of allylic oxidation sites excluding steroid dienone is 2. The minimum atomic E-state index is -1.44. The van der Waals surface area contributed by atoms with Gasteiger partial charge in [-0.15, -0.1) is 0 Å². The second-order valence-electron chi connectivity index (χ2n) is 6.72. The molecule has 0 aromatic rings. The van der Waals surface area contributed by atoms with Gasteiger partial charge in [0, 0.05) is 11.1 Å². The molecule has 0 radical (unpaired) electrons. The lowest BCUT2D eigenvalue weighted by Gasteiger charge is -2.30. The molecule has 0 aromatic carbocycles. The number of hydrogen-bond acceptors (Lipinski definition) is 7. The Kier molecular flexibility index (Phi) is 6.38. The minimum Gasteiger partial charge on any atom is -0.466 e. The summed E-state index contributed by atoms with van der Waals surface area (Å²) in [6.45, 7) is 10.5. The van der Waals surface area contributed by atoms with Gasteiger partial charge in [0.2, 0.25) is 0 Å². The van der Waals surface area contributed by atoms with Crippen molar-refractivity contribution in [1.29, 1.82) is 0 Å². The van der Waals surface area contributed by atoms with Crippen LogP contribution in [0.4, 0.5) is 0 Å². The SMILES string of the molecule is C=C(C)C(=O)O[C@H]1/C(C(=O)OC)=C\CC/C(C)=C\[C@H]2OC(=O)C(=C)[C@@H]2[C@@H]1O. The van der Waals surface area contributed by atoms with Crippen molar-refractivity contribution >= 4 is 17.9 Å². The van der Waals surface area contributed by atoms with E-state index in [0.717, 1.165) is 5.57 Å². The highest BCUT2D eigenvalue weighted by Crippen LogP contribution is 2.36. The first-order valence-corrected chi connectivity index (χ1v) is 8.57. The number of aliphatic hydroxyl groups excluding tert-OH is 1. The Morgan fingerprint density at radius 3 is 2.63 bits per heavy atom. The molecular formula is C20H24O7. The zero-order chi connectivity index (χ0) is 20.3. The van der Waals surface area contributed by atoms with Crippen LogP contribution in [-0.4, -0.2) is 48.4 Å². The molecule has 4 atom stereocenters. The van der Waals surface area contributed by atoms with Crippen molar-refractivity contribution in [3.63, 3.8) is 0 Å². The largest absolute Gasteiger partial charge is 0.466 e. The summed E-state index contributed by atoms with van der Waals surface area (Å²) in [6, 6.07) is 0. The average Bonchev–Trinajstić information content (AvgIpc) is 2.88. The lowest BCUT2D eigenvalue weighted by Crippen LogP contribution is -2.43. The van der Waals surface area contributed by atoms with E-state index in [1.54, 1.807) is 12.2 Å². The van der Waals surface area contributed by atoms with Crippen LogP contribution in [0.25, 0.3) is 0 Å². The Bertz CT molecular complexity index is 743. The summed E-state index contributed by atoms with van der Waals surface area (Å²) in [5, 5.41) is 11.0. The molecule has 2 rings (SSSR count). The van der Waals surface area contributed by atoms with Crippen molar-refractivity contribution in [2.75, 3.05) is 7.11 Å². The third-order valence-corrected chi connectivity index (χ3v) is 4.60. The minimum absolute atomic E-state index is 0.000184. The summed E-state index contributed by atoms with van der Waals surface area (Å²) in [6.07, 6.45) is 0.805. The van der Waals surface area contributed by atoms with Gasteiger partial charge in [0.1, 0.15) is 12.2 Å². The number of hydrogen-bond donors (Lipinski definition) is 1. The van der Waals surface area contributed by atoms with Crippen molar-refractivity contribution in [2.45, 2.75) is 45.0 Å². The second-order valence-corrected chi connectivity index (χ2v) is 6.72. The summed E-state index contributed by atoms with van der Waals surface area (Å²) in [7, 11) is 1.20. The van der Waals surface area contributed by atoms with Crippen LogP contribution in [0.2, 0.25) is 0 Å². The van der Waals surface area contributed by atoms with E-state index in [9.17, 15) is 19.5 Å². The number of rotatable bonds is 3. The summed E-state index contributed by atoms with van der Waals surface area (Å²) < 4.78 is 15.5. The van der Waals surface area contributed by atoms with Crippen LogP contribution in [0.1, 0.15) is 26.7 Å².